The Kier molecular flexibility index (Phi) is 5.23. The van der Waals surface area contributed by atoms with E-state index in [0.29, 0.717) is 12.4 Å². The van der Waals surface area contributed by atoms with E-state index in [4.69, 9.17) is 4.74 Å². The summed E-state index contributed by atoms with van der Waals surface area (Å²) in [6, 6.07) is 9.54. The number of ether oxygens (including phenoxy) is 1. The second kappa shape index (κ2) is 7.57. The molecule has 1 aliphatic heterocycles. The minimum absolute atomic E-state index is 0.285. The molecular weight excluding hydrogens is 320 g/mol. The molecule has 25 heavy (non-hydrogen) atoms. The lowest BCUT2D eigenvalue weighted by atomic mass is 10.2. The molecule has 2 heterocycles. The molecule has 1 fully saturated rings. The number of hydrogen-bond donors (Lipinski definition) is 1. The Morgan fingerprint density at radius 2 is 1.76 bits per heavy atom. The number of aromatic nitrogens is 2. The molecule has 0 radical (unpaired) electrons. The average Bonchev–Trinajstić information content (AvgIpc) is 2.61. The zero-order valence-electron chi connectivity index (χ0n) is 14.7. The third-order valence-corrected chi connectivity index (χ3v) is 4.54. The number of aryl methyl sites for hydroxylation is 1. The lowest BCUT2D eigenvalue weighted by molar-refractivity contribution is 0.200. The number of rotatable bonds is 5. The van der Waals surface area contributed by atoms with Gasteiger partial charge in [0.2, 0.25) is 0 Å². The molecule has 7 nitrogen and oxygen atoms in total. The van der Waals surface area contributed by atoms with E-state index in [9.17, 15) is 9.59 Å². The molecule has 1 saturated heterocycles. The maximum absolute atomic E-state index is 11.8. The maximum Gasteiger partial charge on any atom is 0.329 e. The van der Waals surface area contributed by atoms with Crippen molar-refractivity contribution in [1.82, 2.24) is 14.5 Å². The van der Waals surface area contributed by atoms with Gasteiger partial charge in [-0.15, -0.1) is 0 Å². The molecule has 0 unspecified atom stereocenters. The summed E-state index contributed by atoms with van der Waals surface area (Å²) in [7, 11) is 1.47. The standard InChI is InChI=1S/C18H24N4O3/c1-14-3-5-15(6-4-14)25-12-11-21-7-9-22(10-8-21)16-13-17(23)20(2)18(24)19-16/h3-6,13H,7-12H2,1-2H3,(H,19,24). The number of aromatic amines is 1. The van der Waals surface area contributed by atoms with Gasteiger partial charge in [-0.2, -0.15) is 0 Å². The van der Waals surface area contributed by atoms with E-state index in [1.807, 2.05) is 29.2 Å². The van der Waals surface area contributed by atoms with E-state index in [2.05, 4.69) is 16.8 Å². The lowest BCUT2D eigenvalue weighted by Gasteiger charge is -2.35. The molecule has 0 bridgehead atoms. The molecule has 3 rings (SSSR count). The predicted octanol–water partition coefficient (Wildman–Crippen LogP) is 0.583. The highest BCUT2D eigenvalue weighted by molar-refractivity contribution is 5.37. The molecule has 2 aromatic rings. The van der Waals surface area contributed by atoms with Crippen LogP contribution < -0.4 is 20.9 Å². The number of H-pyrrole nitrogens is 1. The quantitative estimate of drug-likeness (QED) is 0.859. The van der Waals surface area contributed by atoms with Crippen LogP contribution in [0.2, 0.25) is 0 Å². The molecular formula is C18H24N4O3. The van der Waals surface area contributed by atoms with Gasteiger partial charge in [-0.25, -0.2) is 4.79 Å². The van der Waals surface area contributed by atoms with Crippen molar-refractivity contribution >= 4 is 5.82 Å². The Hall–Kier alpha value is -2.54. The summed E-state index contributed by atoms with van der Waals surface area (Å²) in [4.78, 5) is 30.6. The first-order valence-corrected chi connectivity index (χ1v) is 8.50. The van der Waals surface area contributed by atoms with Crippen LogP contribution in [0.5, 0.6) is 5.75 Å². The zero-order valence-corrected chi connectivity index (χ0v) is 14.7. The van der Waals surface area contributed by atoms with Crippen molar-refractivity contribution in [2.24, 2.45) is 7.05 Å². The van der Waals surface area contributed by atoms with Gasteiger partial charge >= 0.3 is 5.69 Å². The second-order valence-electron chi connectivity index (χ2n) is 6.35. The van der Waals surface area contributed by atoms with Crippen molar-refractivity contribution in [1.29, 1.82) is 0 Å². The molecule has 1 N–H and O–H groups in total. The highest BCUT2D eigenvalue weighted by Crippen LogP contribution is 2.12. The average molecular weight is 344 g/mol. The lowest BCUT2D eigenvalue weighted by Crippen LogP contribution is -2.48. The van der Waals surface area contributed by atoms with Crippen molar-refractivity contribution < 1.29 is 4.74 Å². The molecule has 0 amide bonds. The Balaban J connectivity index is 1.48. The van der Waals surface area contributed by atoms with Crippen molar-refractivity contribution in [3.8, 4) is 5.75 Å². The van der Waals surface area contributed by atoms with Crippen molar-refractivity contribution in [3.63, 3.8) is 0 Å². The number of benzene rings is 1. The molecule has 1 aromatic carbocycles. The van der Waals surface area contributed by atoms with E-state index in [1.165, 1.54) is 18.7 Å². The maximum atomic E-state index is 11.8. The highest BCUT2D eigenvalue weighted by Gasteiger charge is 2.18. The molecule has 1 aliphatic rings. The van der Waals surface area contributed by atoms with Crippen molar-refractivity contribution in [2.45, 2.75) is 6.92 Å². The normalized spacial score (nSPS) is 15.4. The van der Waals surface area contributed by atoms with E-state index in [0.717, 1.165) is 43.0 Å². The Morgan fingerprint density at radius 3 is 2.40 bits per heavy atom. The molecule has 1 aromatic heterocycles. The van der Waals surface area contributed by atoms with Crippen LogP contribution in [0.25, 0.3) is 0 Å². The summed E-state index contributed by atoms with van der Waals surface area (Å²) in [5.74, 6) is 1.49. The van der Waals surface area contributed by atoms with E-state index >= 15 is 0 Å². The minimum atomic E-state index is -0.378. The van der Waals surface area contributed by atoms with E-state index in [-0.39, 0.29) is 11.2 Å². The van der Waals surface area contributed by atoms with E-state index in [1.54, 1.807) is 0 Å². The molecule has 7 heteroatoms. The van der Waals surface area contributed by atoms with Crippen molar-refractivity contribution in [2.75, 3.05) is 44.2 Å². The fourth-order valence-corrected chi connectivity index (χ4v) is 2.85. The molecule has 0 spiro atoms. The first kappa shape index (κ1) is 17.3. The van der Waals surface area contributed by atoms with Gasteiger partial charge in [0.15, 0.2) is 0 Å². The van der Waals surface area contributed by atoms with Gasteiger partial charge in [0, 0.05) is 45.8 Å². The number of anilines is 1. The van der Waals surface area contributed by atoms with E-state index < -0.39 is 0 Å². The fourth-order valence-electron chi connectivity index (χ4n) is 2.85. The third-order valence-electron chi connectivity index (χ3n) is 4.54. The van der Waals surface area contributed by atoms with Gasteiger partial charge in [0.25, 0.3) is 5.56 Å². The third kappa shape index (κ3) is 4.30. The number of hydrogen-bond acceptors (Lipinski definition) is 5. The Bertz CT molecular complexity index is 786. The second-order valence-corrected chi connectivity index (χ2v) is 6.35. The van der Waals surface area contributed by atoms with Crippen LogP contribution in [-0.4, -0.2) is 53.8 Å². The minimum Gasteiger partial charge on any atom is -0.492 e. The molecule has 0 aliphatic carbocycles. The number of piperazine rings is 1. The van der Waals surface area contributed by atoms with Gasteiger partial charge in [-0.05, 0) is 19.1 Å². The summed E-state index contributed by atoms with van der Waals surface area (Å²) in [5.41, 5.74) is 0.557. The Labute approximate surface area is 146 Å². The van der Waals surface area contributed by atoms with Gasteiger partial charge in [-0.3, -0.25) is 19.2 Å². The van der Waals surface area contributed by atoms with Crippen LogP contribution >= 0.6 is 0 Å². The molecule has 0 saturated carbocycles. The van der Waals surface area contributed by atoms with Crippen LogP contribution in [0.1, 0.15) is 5.56 Å². The van der Waals surface area contributed by atoms with Crippen LogP contribution in [0, 0.1) is 6.92 Å². The van der Waals surface area contributed by atoms with Crippen LogP contribution in [0.4, 0.5) is 5.82 Å². The summed E-state index contributed by atoms with van der Waals surface area (Å²) < 4.78 is 6.84. The summed E-state index contributed by atoms with van der Waals surface area (Å²) in [6.45, 7) is 6.84. The summed E-state index contributed by atoms with van der Waals surface area (Å²) in [5, 5.41) is 0. The first-order valence-electron chi connectivity index (χ1n) is 8.50. The molecule has 0 atom stereocenters. The van der Waals surface area contributed by atoms with Gasteiger partial charge in [-0.1, -0.05) is 17.7 Å². The largest absolute Gasteiger partial charge is 0.492 e. The van der Waals surface area contributed by atoms with Crippen LogP contribution in [0.3, 0.4) is 0 Å². The highest BCUT2D eigenvalue weighted by atomic mass is 16.5. The van der Waals surface area contributed by atoms with Crippen molar-refractivity contribution in [3.05, 3.63) is 56.7 Å². The fraction of sp³-hybridized carbons (Fsp3) is 0.444. The number of nitrogens with one attached hydrogen (secondary N) is 1. The monoisotopic (exact) mass is 344 g/mol. The molecule has 134 valence electrons. The van der Waals surface area contributed by atoms with Crippen LogP contribution in [0.15, 0.2) is 39.9 Å². The van der Waals surface area contributed by atoms with Gasteiger partial charge in [0.05, 0.1) is 0 Å². The van der Waals surface area contributed by atoms with Crippen LogP contribution in [-0.2, 0) is 7.05 Å². The zero-order chi connectivity index (χ0) is 17.8. The SMILES string of the molecule is Cc1ccc(OCCN2CCN(c3cc(=O)n(C)c(=O)[nH]3)CC2)cc1. The summed E-state index contributed by atoms with van der Waals surface area (Å²) in [6.07, 6.45) is 0. The predicted molar refractivity (Wildman–Crippen MR) is 97.6 cm³/mol. The Morgan fingerprint density at radius 1 is 1.08 bits per heavy atom. The smallest absolute Gasteiger partial charge is 0.329 e. The number of nitrogens with zero attached hydrogens (tertiary/aromatic N) is 3. The topological polar surface area (TPSA) is 70.6 Å². The summed E-state index contributed by atoms with van der Waals surface area (Å²) >= 11 is 0. The van der Waals surface area contributed by atoms with Gasteiger partial charge in [0.1, 0.15) is 18.2 Å². The first-order chi connectivity index (χ1) is 12.0. The van der Waals surface area contributed by atoms with Gasteiger partial charge < -0.3 is 9.64 Å².